The maximum Gasteiger partial charge on any atom is 0.259 e. The van der Waals surface area contributed by atoms with E-state index in [0.717, 1.165) is 12.8 Å². The summed E-state index contributed by atoms with van der Waals surface area (Å²) in [5, 5.41) is 2.87. The molecular formula is C22H28N2O4. The van der Waals surface area contributed by atoms with Crippen LogP contribution in [0.4, 0.5) is 0 Å². The van der Waals surface area contributed by atoms with E-state index in [2.05, 4.69) is 17.4 Å². The van der Waals surface area contributed by atoms with Crippen molar-refractivity contribution in [3.63, 3.8) is 0 Å². The van der Waals surface area contributed by atoms with Gasteiger partial charge in [-0.25, -0.2) is 0 Å². The Bertz CT molecular complexity index is 747. The van der Waals surface area contributed by atoms with Gasteiger partial charge >= 0.3 is 0 Å². The Kier molecular flexibility index (Phi) is 9.01. The SMILES string of the molecule is CN(C)C(=O)COc1cccc(C(=O)NCCCOCCc2ccccc2)c1. The van der Waals surface area contributed by atoms with Gasteiger partial charge in [0, 0.05) is 32.8 Å². The average Bonchev–Trinajstić information content (AvgIpc) is 2.72. The molecule has 2 aromatic rings. The van der Waals surface area contributed by atoms with Crippen molar-refractivity contribution in [1.82, 2.24) is 10.2 Å². The fourth-order valence-corrected chi connectivity index (χ4v) is 2.42. The fourth-order valence-electron chi connectivity index (χ4n) is 2.42. The molecule has 2 aromatic carbocycles. The largest absolute Gasteiger partial charge is 0.484 e. The normalized spacial score (nSPS) is 10.4. The molecule has 0 aliphatic carbocycles. The van der Waals surface area contributed by atoms with Crippen LogP contribution in [0, 0.1) is 0 Å². The number of amides is 2. The summed E-state index contributed by atoms with van der Waals surface area (Å²) >= 11 is 0. The highest BCUT2D eigenvalue weighted by atomic mass is 16.5. The molecule has 0 aliphatic heterocycles. The highest BCUT2D eigenvalue weighted by Gasteiger charge is 2.08. The van der Waals surface area contributed by atoms with Crippen LogP contribution in [0.25, 0.3) is 0 Å². The zero-order chi connectivity index (χ0) is 20.2. The van der Waals surface area contributed by atoms with E-state index in [9.17, 15) is 9.59 Å². The molecule has 2 amide bonds. The number of nitrogens with zero attached hydrogens (tertiary/aromatic N) is 1. The molecule has 0 aliphatic rings. The third-order valence-electron chi connectivity index (χ3n) is 4.09. The van der Waals surface area contributed by atoms with Crippen LogP contribution in [0.1, 0.15) is 22.3 Å². The van der Waals surface area contributed by atoms with Crippen molar-refractivity contribution in [2.24, 2.45) is 0 Å². The van der Waals surface area contributed by atoms with E-state index in [1.165, 1.54) is 10.5 Å². The number of rotatable bonds is 11. The second-order valence-corrected chi connectivity index (χ2v) is 6.56. The van der Waals surface area contributed by atoms with Crippen LogP contribution in [-0.2, 0) is 16.0 Å². The molecule has 0 fully saturated rings. The number of hydrogen-bond acceptors (Lipinski definition) is 4. The van der Waals surface area contributed by atoms with Crippen molar-refractivity contribution in [2.75, 3.05) is 40.5 Å². The second-order valence-electron chi connectivity index (χ2n) is 6.56. The first-order valence-corrected chi connectivity index (χ1v) is 9.39. The van der Waals surface area contributed by atoms with Gasteiger partial charge in [0.05, 0.1) is 6.61 Å². The first-order valence-electron chi connectivity index (χ1n) is 9.39. The van der Waals surface area contributed by atoms with Crippen LogP contribution in [0.5, 0.6) is 5.75 Å². The molecule has 0 saturated carbocycles. The number of nitrogens with one attached hydrogen (secondary N) is 1. The molecule has 6 nitrogen and oxygen atoms in total. The molecule has 0 unspecified atom stereocenters. The lowest BCUT2D eigenvalue weighted by Crippen LogP contribution is -2.27. The van der Waals surface area contributed by atoms with Crippen LogP contribution in [0.2, 0.25) is 0 Å². The quantitative estimate of drug-likeness (QED) is 0.605. The van der Waals surface area contributed by atoms with Gasteiger partial charge in [-0.1, -0.05) is 36.4 Å². The fraction of sp³-hybridized carbons (Fsp3) is 0.364. The molecule has 150 valence electrons. The molecule has 0 aromatic heterocycles. The third kappa shape index (κ3) is 7.80. The van der Waals surface area contributed by atoms with E-state index in [4.69, 9.17) is 9.47 Å². The summed E-state index contributed by atoms with van der Waals surface area (Å²) in [7, 11) is 3.34. The van der Waals surface area contributed by atoms with Crippen molar-refractivity contribution in [2.45, 2.75) is 12.8 Å². The maximum atomic E-state index is 12.2. The van der Waals surface area contributed by atoms with Gasteiger partial charge in [-0.05, 0) is 36.6 Å². The minimum atomic E-state index is -0.173. The highest BCUT2D eigenvalue weighted by molar-refractivity contribution is 5.94. The minimum Gasteiger partial charge on any atom is -0.484 e. The van der Waals surface area contributed by atoms with Gasteiger partial charge in [0.2, 0.25) is 0 Å². The summed E-state index contributed by atoms with van der Waals surface area (Å²) in [5.74, 6) is 0.183. The second kappa shape index (κ2) is 11.8. The summed E-state index contributed by atoms with van der Waals surface area (Å²) in [6.07, 6.45) is 1.63. The molecule has 0 saturated heterocycles. The van der Waals surface area contributed by atoms with Gasteiger partial charge in [0.15, 0.2) is 6.61 Å². The molecule has 28 heavy (non-hydrogen) atoms. The van der Waals surface area contributed by atoms with E-state index >= 15 is 0 Å². The molecule has 0 heterocycles. The molecule has 0 radical (unpaired) electrons. The Hall–Kier alpha value is -2.86. The smallest absolute Gasteiger partial charge is 0.259 e. The van der Waals surface area contributed by atoms with E-state index in [-0.39, 0.29) is 18.4 Å². The van der Waals surface area contributed by atoms with Crippen molar-refractivity contribution in [3.8, 4) is 5.75 Å². The van der Waals surface area contributed by atoms with Crippen molar-refractivity contribution in [3.05, 3.63) is 65.7 Å². The lowest BCUT2D eigenvalue weighted by Gasteiger charge is -2.12. The van der Waals surface area contributed by atoms with Crippen molar-refractivity contribution in [1.29, 1.82) is 0 Å². The molecule has 1 N–H and O–H groups in total. The number of carbonyl (C=O) groups is 2. The predicted molar refractivity (Wildman–Crippen MR) is 109 cm³/mol. The molecule has 2 rings (SSSR count). The topological polar surface area (TPSA) is 67.9 Å². The highest BCUT2D eigenvalue weighted by Crippen LogP contribution is 2.13. The Balaban J connectivity index is 1.63. The number of likely N-dealkylation sites (N-methyl/N-ethyl adjacent to an activating group) is 1. The van der Waals surface area contributed by atoms with Crippen LogP contribution in [0.3, 0.4) is 0 Å². The standard InChI is InChI=1S/C22H28N2O4/c1-24(2)21(25)17-28-20-11-6-10-19(16-20)22(26)23-13-7-14-27-15-12-18-8-4-3-5-9-18/h3-6,8-11,16H,7,12-15,17H2,1-2H3,(H,23,26). The van der Waals surface area contributed by atoms with Crippen LogP contribution >= 0.6 is 0 Å². The number of benzene rings is 2. The van der Waals surface area contributed by atoms with E-state index in [0.29, 0.717) is 31.1 Å². The van der Waals surface area contributed by atoms with E-state index in [1.54, 1.807) is 38.4 Å². The molecular weight excluding hydrogens is 356 g/mol. The summed E-state index contributed by atoms with van der Waals surface area (Å²) in [6, 6.07) is 17.0. The summed E-state index contributed by atoms with van der Waals surface area (Å²) < 4.78 is 11.0. The van der Waals surface area contributed by atoms with Crippen LogP contribution in [0.15, 0.2) is 54.6 Å². The summed E-state index contributed by atoms with van der Waals surface area (Å²) in [5.41, 5.74) is 1.75. The molecule has 6 heteroatoms. The Morgan fingerprint density at radius 1 is 1.00 bits per heavy atom. The van der Waals surface area contributed by atoms with Gasteiger partial charge in [0.25, 0.3) is 11.8 Å². The van der Waals surface area contributed by atoms with Gasteiger partial charge in [-0.15, -0.1) is 0 Å². The number of ether oxygens (including phenoxy) is 2. The van der Waals surface area contributed by atoms with Gasteiger partial charge < -0.3 is 19.7 Å². The van der Waals surface area contributed by atoms with Crippen molar-refractivity contribution < 1.29 is 19.1 Å². The van der Waals surface area contributed by atoms with Gasteiger partial charge in [-0.2, -0.15) is 0 Å². The molecule has 0 atom stereocenters. The summed E-state index contributed by atoms with van der Waals surface area (Å²) in [6.45, 7) is 1.75. The Labute approximate surface area is 166 Å². The third-order valence-corrected chi connectivity index (χ3v) is 4.09. The zero-order valence-electron chi connectivity index (χ0n) is 16.5. The minimum absolute atomic E-state index is 0.0572. The van der Waals surface area contributed by atoms with E-state index < -0.39 is 0 Å². The lowest BCUT2D eigenvalue weighted by atomic mass is 10.2. The first kappa shape index (κ1) is 21.4. The number of carbonyl (C=O) groups excluding carboxylic acids is 2. The maximum absolute atomic E-state index is 12.2. The monoisotopic (exact) mass is 384 g/mol. The summed E-state index contributed by atoms with van der Waals surface area (Å²) in [4.78, 5) is 25.3. The average molecular weight is 384 g/mol. The van der Waals surface area contributed by atoms with Crippen LogP contribution < -0.4 is 10.1 Å². The molecule has 0 spiro atoms. The number of hydrogen-bond donors (Lipinski definition) is 1. The Morgan fingerprint density at radius 3 is 2.54 bits per heavy atom. The van der Waals surface area contributed by atoms with Gasteiger partial charge in [0.1, 0.15) is 5.75 Å². The predicted octanol–water partition coefficient (Wildman–Crippen LogP) is 2.53. The lowest BCUT2D eigenvalue weighted by molar-refractivity contribution is -0.130. The van der Waals surface area contributed by atoms with Crippen molar-refractivity contribution >= 4 is 11.8 Å². The molecule has 0 bridgehead atoms. The van der Waals surface area contributed by atoms with E-state index in [1.807, 2.05) is 18.2 Å². The van der Waals surface area contributed by atoms with Crippen LogP contribution in [-0.4, -0.2) is 57.2 Å². The first-order chi connectivity index (χ1) is 13.6. The Morgan fingerprint density at radius 2 is 1.79 bits per heavy atom. The van der Waals surface area contributed by atoms with Gasteiger partial charge in [-0.3, -0.25) is 9.59 Å². The zero-order valence-corrected chi connectivity index (χ0v) is 16.5.